The monoisotopic (exact) mass is 397 g/mol. The van der Waals surface area contributed by atoms with E-state index < -0.39 is 27.8 Å². The first-order valence-electron chi connectivity index (χ1n) is 7.99. The molecule has 0 saturated carbocycles. The summed E-state index contributed by atoms with van der Waals surface area (Å²) in [6, 6.07) is 9.13. The van der Waals surface area contributed by atoms with Crippen molar-refractivity contribution in [3.8, 4) is 11.5 Å². The van der Waals surface area contributed by atoms with Crippen LogP contribution in [0.1, 0.15) is 16.7 Å². The largest absolute Gasteiger partial charge is 0.586 e. The Morgan fingerprint density at radius 3 is 2.52 bits per heavy atom. The molecule has 3 rings (SSSR count). The summed E-state index contributed by atoms with van der Waals surface area (Å²) in [5.74, 6) is -2.17. The van der Waals surface area contributed by atoms with E-state index in [1.165, 1.54) is 12.1 Å². The quantitative estimate of drug-likeness (QED) is 0.838. The molecule has 0 aliphatic carbocycles. The maximum Gasteiger partial charge on any atom is 0.586 e. The second-order valence-corrected chi connectivity index (χ2v) is 8.40. The standard InChI is InChI=1S/C18H17F2NO5S/c1-11-3-4-12(2)13(7-11)9-27(23,24)10-17(22)21-14-5-6-15-16(8-14)26-18(19,20)25-15/h3-8H,9-10H2,1-2H3,(H,21,22). The van der Waals surface area contributed by atoms with Crippen molar-refractivity contribution in [2.45, 2.75) is 25.9 Å². The van der Waals surface area contributed by atoms with Crippen LogP contribution in [0, 0.1) is 13.8 Å². The third-order valence-corrected chi connectivity index (χ3v) is 5.37. The summed E-state index contributed by atoms with van der Waals surface area (Å²) in [4.78, 5) is 12.1. The Morgan fingerprint density at radius 1 is 1.07 bits per heavy atom. The third-order valence-electron chi connectivity index (χ3n) is 3.92. The molecule has 1 aliphatic heterocycles. The number of nitrogens with one attached hydrogen (secondary N) is 1. The van der Waals surface area contributed by atoms with Crippen molar-refractivity contribution in [3.05, 3.63) is 53.1 Å². The number of alkyl halides is 2. The van der Waals surface area contributed by atoms with Crippen LogP contribution in [0.25, 0.3) is 0 Å². The van der Waals surface area contributed by atoms with Crippen molar-refractivity contribution in [3.63, 3.8) is 0 Å². The molecule has 0 atom stereocenters. The molecule has 0 saturated heterocycles. The number of amides is 1. The Hall–Kier alpha value is -2.68. The number of rotatable bonds is 5. The molecule has 1 N–H and O–H groups in total. The van der Waals surface area contributed by atoms with Gasteiger partial charge in [0.2, 0.25) is 5.91 Å². The fourth-order valence-electron chi connectivity index (χ4n) is 2.67. The van der Waals surface area contributed by atoms with Gasteiger partial charge in [-0.3, -0.25) is 4.79 Å². The topological polar surface area (TPSA) is 81.7 Å². The SMILES string of the molecule is Cc1ccc(C)c(CS(=O)(=O)CC(=O)Nc2ccc3c(c2)OC(F)(F)O3)c1. The minimum atomic E-state index is -3.76. The van der Waals surface area contributed by atoms with Gasteiger partial charge in [-0.1, -0.05) is 23.8 Å². The van der Waals surface area contributed by atoms with Crippen LogP contribution >= 0.6 is 0 Å². The van der Waals surface area contributed by atoms with Gasteiger partial charge < -0.3 is 14.8 Å². The lowest BCUT2D eigenvalue weighted by molar-refractivity contribution is -0.286. The second kappa shape index (κ2) is 6.80. The number of aryl methyl sites for hydroxylation is 2. The molecule has 0 fully saturated rings. The molecule has 0 spiro atoms. The Morgan fingerprint density at radius 2 is 1.78 bits per heavy atom. The first-order valence-corrected chi connectivity index (χ1v) is 9.81. The maximum absolute atomic E-state index is 13.0. The molecule has 2 aromatic rings. The number of carbonyl (C=O) groups excluding carboxylic acids is 1. The molecule has 1 heterocycles. The molecule has 0 unspecified atom stereocenters. The molecule has 0 bridgehead atoms. The summed E-state index contributed by atoms with van der Waals surface area (Å²) in [6.07, 6.45) is -3.76. The number of sulfone groups is 1. The van der Waals surface area contributed by atoms with Gasteiger partial charge in [-0.2, -0.15) is 0 Å². The second-order valence-electron chi connectivity index (χ2n) is 6.34. The fraction of sp³-hybridized carbons (Fsp3) is 0.278. The molecular formula is C18H17F2NO5S. The highest BCUT2D eigenvalue weighted by Gasteiger charge is 2.43. The molecule has 144 valence electrons. The lowest BCUT2D eigenvalue weighted by Gasteiger charge is -2.09. The van der Waals surface area contributed by atoms with Crippen molar-refractivity contribution < 1.29 is 31.5 Å². The van der Waals surface area contributed by atoms with Gasteiger partial charge in [0, 0.05) is 11.8 Å². The third kappa shape index (κ3) is 4.73. The number of hydrogen-bond donors (Lipinski definition) is 1. The van der Waals surface area contributed by atoms with Crippen LogP contribution < -0.4 is 14.8 Å². The molecule has 27 heavy (non-hydrogen) atoms. The van der Waals surface area contributed by atoms with E-state index in [2.05, 4.69) is 14.8 Å². The van der Waals surface area contributed by atoms with Gasteiger partial charge in [0.25, 0.3) is 0 Å². The lowest BCUT2D eigenvalue weighted by atomic mass is 10.1. The van der Waals surface area contributed by atoms with E-state index in [0.717, 1.165) is 17.2 Å². The number of ether oxygens (including phenoxy) is 2. The molecule has 0 aromatic heterocycles. The van der Waals surface area contributed by atoms with Crippen molar-refractivity contribution in [2.24, 2.45) is 0 Å². The van der Waals surface area contributed by atoms with Gasteiger partial charge >= 0.3 is 6.29 Å². The van der Waals surface area contributed by atoms with Crippen molar-refractivity contribution in [1.82, 2.24) is 0 Å². The highest BCUT2D eigenvalue weighted by Crippen LogP contribution is 2.42. The van der Waals surface area contributed by atoms with Crippen molar-refractivity contribution >= 4 is 21.4 Å². The van der Waals surface area contributed by atoms with Gasteiger partial charge in [-0.15, -0.1) is 8.78 Å². The molecule has 2 aromatic carbocycles. The van der Waals surface area contributed by atoms with Gasteiger partial charge in [-0.25, -0.2) is 8.42 Å². The summed E-state index contributed by atoms with van der Waals surface area (Å²) in [5.41, 5.74) is 2.50. The van der Waals surface area contributed by atoms with Gasteiger partial charge in [-0.05, 0) is 37.1 Å². The van der Waals surface area contributed by atoms with Crippen LogP contribution in [0.2, 0.25) is 0 Å². The Kier molecular flexibility index (Phi) is 4.81. The summed E-state index contributed by atoms with van der Waals surface area (Å²) in [5, 5.41) is 2.37. The zero-order chi connectivity index (χ0) is 19.8. The molecule has 6 nitrogen and oxygen atoms in total. The average Bonchev–Trinajstić information content (AvgIpc) is 2.83. The maximum atomic E-state index is 13.0. The van der Waals surface area contributed by atoms with Gasteiger partial charge in [0.1, 0.15) is 5.75 Å². The first kappa shape index (κ1) is 19.1. The Bertz CT molecular complexity index is 1000. The van der Waals surface area contributed by atoms with E-state index in [1.807, 2.05) is 19.1 Å². The highest BCUT2D eigenvalue weighted by molar-refractivity contribution is 7.91. The molecule has 1 aliphatic rings. The Balaban J connectivity index is 1.66. The number of carbonyl (C=O) groups is 1. The van der Waals surface area contributed by atoms with E-state index in [9.17, 15) is 22.0 Å². The van der Waals surface area contributed by atoms with Crippen LogP contribution in [-0.2, 0) is 20.4 Å². The Labute approximate surface area is 155 Å². The van der Waals surface area contributed by atoms with Crippen LogP contribution in [0.5, 0.6) is 11.5 Å². The number of hydrogen-bond acceptors (Lipinski definition) is 5. The van der Waals surface area contributed by atoms with Crippen molar-refractivity contribution in [1.29, 1.82) is 0 Å². The molecule has 9 heteroatoms. The van der Waals surface area contributed by atoms with Crippen LogP contribution in [0.3, 0.4) is 0 Å². The average molecular weight is 397 g/mol. The van der Waals surface area contributed by atoms with E-state index in [0.29, 0.717) is 5.56 Å². The zero-order valence-electron chi connectivity index (χ0n) is 14.6. The zero-order valence-corrected chi connectivity index (χ0v) is 15.4. The predicted octanol–water partition coefficient (Wildman–Crippen LogP) is 3.18. The first-order chi connectivity index (χ1) is 12.5. The van der Waals surface area contributed by atoms with E-state index >= 15 is 0 Å². The van der Waals surface area contributed by atoms with Crippen LogP contribution in [0.4, 0.5) is 14.5 Å². The van der Waals surface area contributed by atoms with Crippen LogP contribution in [0.15, 0.2) is 36.4 Å². The summed E-state index contributed by atoms with van der Waals surface area (Å²) < 4.78 is 59.2. The highest BCUT2D eigenvalue weighted by atomic mass is 32.2. The number of anilines is 1. The predicted molar refractivity (Wildman–Crippen MR) is 94.7 cm³/mol. The summed E-state index contributed by atoms with van der Waals surface area (Å²) in [6.45, 7) is 3.65. The molecule has 1 amide bonds. The minimum absolute atomic E-state index is 0.127. The molecule has 0 radical (unpaired) electrons. The lowest BCUT2D eigenvalue weighted by Crippen LogP contribution is -2.26. The van der Waals surface area contributed by atoms with E-state index in [1.54, 1.807) is 13.0 Å². The normalized spacial score (nSPS) is 14.8. The fourth-order valence-corrected chi connectivity index (χ4v) is 4.03. The van der Waals surface area contributed by atoms with Crippen LogP contribution in [-0.4, -0.2) is 26.4 Å². The summed E-state index contributed by atoms with van der Waals surface area (Å²) >= 11 is 0. The smallest absolute Gasteiger partial charge is 0.395 e. The van der Waals surface area contributed by atoms with Gasteiger partial charge in [0.15, 0.2) is 21.3 Å². The van der Waals surface area contributed by atoms with Crippen molar-refractivity contribution in [2.75, 3.05) is 11.1 Å². The number of benzene rings is 2. The number of fused-ring (bicyclic) bond motifs is 1. The van der Waals surface area contributed by atoms with E-state index in [4.69, 9.17) is 0 Å². The molecular weight excluding hydrogens is 380 g/mol. The van der Waals surface area contributed by atoms with E-state index in [-0.39, 0.29) is 22.9 Å². The minimum Gasteiger partial charge on any atom is -0.395 e. The van der Waals surface area contributed by atoms with Gasteiger partial charge in [0.05, 0.1) is 5.75 Å². The number of halogens is 2. The summed E-state index contributed by atoms with van der Waals surface area (Å²) in [7, 11) is -3.71.